The van der Waals surface area contributed by atoms with E-state index in [4.69, 9.17) is 9.47 Å². The molecule has 2 heterocycles. The lowest BCUT2D eigenvalue weighted by molar-refractivity contribution is -0.0488. The third-order valence-corrected chi connectivity index (χ3v) is 6.56. The van der Waals surface area contributed by atoms with Gasteiger partial charge in [-0.05, 0) is 31.0 Å². The van der Waals surface area contributed by atoms with E-state index in [-0.39, 0.29) is 11.5 Å². The van der Waals surface area contributed by atoms with Gasteiger partial charge in [-0.15, -0.1) is 6.58 Å². The normalized spacial score (nSPS) is 38.4. The Morgan fingerprint density at radius 1 is 1.46 bits per heavy atom. The lowest BCUT2D eigenvalue weighted by Gasteiger charge is -2.57. The van der Waals surface area contributed by atoms with Crippen molar-refractivity contribution >= 4 is 0 Å². The Kier molecular flexibility index (Phi) is 2.95. The fourth-order valence-corrected chi connectivity index (χ4v) is 5.67. The van der Waals surface area contributed by atoms with Crippen LogP contribution in [-0.2, 0) is 11.8 Å². The fraction of sp³-hybridized carbons (Fsp3) is 0.500. The second-order valence-corrected chi connectivity index (χ2v) is 7.42. The topological polar surface area (TPSA) is 41.9 Å². The van der Waals surface area contributed by atoms with E-state index in [1.54, 1.807) is 7.11 Å². The Hall–Kier alpha value is -1.78. The first-order chi connectivity index (χ1) is 11.7. The number of piperidine rings is 1. The summed E-state index contributed by atoms with van der Waals surface area (Å²) in [5.74, 6) is 2.03. The van der Waals surface area contributed by atoms with E-state index < -0.39 is 6.10 Å². The minimum atomic E-state index is -0.559. The molecular formula is C20H23NO3. The third kappa shape index (κ3) is 1.56. The maximum absolute atomic E-state index is 10.6. The molecule has 5 rings (SSSR count). The Balaban J connectivity index is 1.75. The maximum atomic E-state index is 10.6. The SMILES string of the molecule is C=CCN1CC[C@@]23c4c5ccc(OC)c4OC2C(O)C=CC3[C@@H]1C5. The molecule has 0 amide bonds. The Morgan fingerprint density at radius 2 is 2.33 bits per heavy atom. The molecular weight excluding hydrogens is 302 g/mol. The predicted molar refractivity (Wildman–Crippen MR) is 91.6 cm³/mol. The Labute approximate surface area is 142 Å². The van der Waals surface area contributed by atoms with Crippen molar-refractivity contribution in [3.05, 3.63) is 48.1 Å². The molecule has 24 heavy (non-hydrogen) atoms. The molecule has 2 aliphatic heterocycles. The first-order valence-electron chi connectivity index (χ1n) is 8.79. The highest BCUT2D eigenvalue weighted by atomic mass is 16.5. The zero-order valence-electron chi connectivity index (χ0n) is 13.9. The summed E-state index contributed by atoms with van der Waals surface area (Å²) >= 11 is 0. The molecule has 2 bridgehead atoms. The number of rotatable bonds is 3. The predicted octanol–water partition coefficient (Wildman–Crippen LogP) is 2.06. The van der Waals surface area contributed by atoms with Gasteiger partial charge in [0.15, 0.2) is 11.5 Å². The monoisotopic (exact) mass is 325 g/mol. The van der Waals surface area contributed by atoms with Gasteiger partial charge in [0, 0.05) is 29.5 Å². The van der Waals surface area contributed by atoms with E-state index in [1.165, 1.54) is 11.1 Å². The smallest absolute Gasteiger partial charge is 0.165 e. The van der Waals surface area contributed by atoms with Crippen LogP contribution in [0.4, 0.5) is 0 Å². The van der Waals surface area contributed by atoms with Crippen molar-refractivity contribution in [3.8, 4) is 11.5 Å². The van der Waals surface area contributed by atoms with Crippen LogP contribution in [0.5, 0.6) is 11.5 Å². The second kappa shape index (κ2) is 4.87. The van der Waals surface area contributed by atoms with Gasteiger partial charge in [-0.25, -0.2) is 0 Å². The van der Waals surface area contributed by atoms with E-state index in [9.17, 15) is 5.11 Å². The van der Waals surface area contributed by atoms with Crippen LogP contribution in [0.15, 0.2) is 36.9 Å². The number of likely N-dealkylation sites (tertiary alicyclic amines) is 1. The van der Waals surface area contributed by atoms with Crippen LogP contribution in [0.3, 0.4) is 0 Å². The van der Waals surface area contributed by atoms with Gasteiger partial charge in [-0.1, -0.05) is 24.3 Å². The number of nitrogens with zero attached hydrogens (tertiary/aromatic N) is 1. The highest BCUT2D eigenvalue weighted by molar-refractivity contribution is 5.62. The number of aliphatic hydroxyl groups excluding tert-OH is 1. The van der Waals surface area contributed by atoms with Crippen molar-refractivity contribution < 1.29 is 14.6 Å². The van der Waals surface area contributed by atoms with Crippen LogP contribution in [0.1, 0.15) is 17.5 Å². The molecule has 0 aromatic heterocycles. The highest BCUT2D eigenvalue weighted by Crippen LogP contribution is 2.62. The lowest BCUT2D eigenvalue weighted by atomic mass is 9.53. The molecule has 1 N–H and O–H groups in total. The van der Waals surface area contributed by atoms with Crippen LogP contribution in [0.25, 0.3) is 0 Å². The van der Waals surface area contributed by atoms with Crippen LogP contribution in [0.2, 0.25) is 0 Å². The fourth-order valence-electron chi connectivity index (χ4n) is 5.67. The summed E-state index contributed by atoms with van der Waals surface area (Å²) in [6.45, 7) is 5.86. The van der Waals surface area contributed by atoms with Gasteiger partial charge in [0.1, 0.15) is 12.2 Å². The molecule has 4 nitrogen and oxygen atoms in total. The first-order valence-corrected chi connectivity index (χ1v) is 8.79. The average molecular weight is 325 g/mol. The number of benzene rings is 1. The Bertz CT molecular complexity index is 743. The molecule has 0 saturated carbocycles. The second-order valence-electron chi connectivity index (χ2n) is 7.42. The Morgan fingerprint density at radius 3 is 3.12 bits per heavy atom. The van der Waals surface area contributed by atoms with E-state index in [2.05, 4.69) is 23.6 Å². The molecule has 1 spiro atoms. The molecule has 1 fully saturated rings. The van der Waals surface area contributed by atoms with Crippen LogP contribution in [0, 0.1) is 5.92 Å². The quantitative estimate of drug-likeness (QED) is 0.864. The third-order valence-electron chi connectivity index (χ3n) is 6.56. The van der Waals surface area contributed by atoms with Crippen molar-refractivity contribution in [2.75, 3.05) is 20.2 Å². The molecule has 4 aliphatic rings. The van der Waals surface area contributed by atoms with Crippen molar-refractivity contribution in [3.63, 3.8) is 0 Å². The van der Waals surface area contributed by atoms with E-state index >= 15 is 0 Å². The number of hydrogen-bond donors (Lipinski definition) is 1. The average Bonchev–Trinajstić information content (AvgIpc) is 2.94. The van der Waals surface area contributed by atoms with Crippen molar-refractivity contribution in [2.45, 2.75) is 36.5 Å². The molecule has 126 valence electrons. The summed E-state index contributed by atoms with van der Waals surface area (Å²) in [6.07, 6.45) is 7.42. The van der Waals surface area contributed by atoms with Gasteiger partial charge in [0.2, 0.25) is 0 Å². The number of aliphatic hydroxyl groups is 1. The molecule has 1 saturated heterocycles. The molecule has 0 radical (unpaired) electrons. The number of hydrogen-bond acceptors (Lipinski definition) is 4. The van der Waals surface area contributed by atoms with Gasteiger partial charge in [-0.3, -0.25) is 4.90 Å². The summed E-state index contributed by atoms with van der Waals surface area (Å²) in [7, 11) is 1.69. The van der Waals surface area contributed by atoms with Crippen LogP contribution in [-0.4, -0.2) is 48.5 Å². The minimum Gasteiger partial charge on any atom is -0.493 e. The number of ether oxygens (including phenoxy) is 2. The zero-order chi connectivity index (χ0) is 16.5. The maximum Gasteiger partial charge on any atom is 0.165 e. The standard InChI is InChI=1S/C20H23NO3/c1-3-9-21-10-8-20-13-5-6-15(22)19(20)24-18-16(23-2)7-4-12(17(18)20)11-14(13)21/h3-7,13-15,19,22H,1,8-11H2,2H3/t13?,14-,15?,19?,20+/m0/s1. The van der Waals surface area contributed by atoms with Gasteiger partial charge in [-0.2, -0.15) is 0 Å². The summed E-state index contributed by atoms with van der Waals surface area (Å²) in [6, 6.07) is 4.64. The van der Waals surface area contributed by atoms with Gasteiger partial charge in [0.05, 0.1) is 7.11 Å². The highest BCUT2D eigenvalue weighted by Gasteiger charge is 2.64. The number of methoxy groups -OCH3 is 1. The summed E-state index contributed by atoms with van der Waals surface area (Å²) < 4.78 is 11.9. The van der Waals surface area contributed by atoms with Gasteiger partial charge < -0.3 is 14.6 Å². The van der Waals surface area contributed by atoms with Gasteiger partial charge in [0.25, 0.3) is 0 Å². The molecule has 5 atom stereocenters. The van der Waals surface area contributed by atoms with Crippen molar-refractivity contribution in [1.29, 1.82) is 0 Å². The molecule has 4 heteroatoms. The summed E-state index contributed by atoms with van der Waals surface area (Å²) in [5.41, 5.74) is 2.54. The summed E-state index contributed by atoms with van der Waals surface area (Å²) in [5, 5.41) is 10.6. The van der Waals surface area contributed by atoms with E-state index in [0.29, 0.717) is 12.0 Å². The van der Waals surface area contributed by atoms with E-state index in [0.717, 1.165) is 37.4 Å². The van der Waals surface area contributed by atoms with Crippen LogP contribution < -0.4 is 9.47 Å². The summed E-state index contributed by atoms with van der Waals surface area (Å²) in [4.78, 5) is 2.53. The van der Waals surface area contributed by atoms with E-state index in [1.807, 2.05) is 18.2 Å². The molecule has 2 aliphatic carbocycles. The zero-order valence-corrected chi connectivity index (χ0v) is 13.9. The molecule has 1 aromatic rings. The van der Waals surface area contributed by atoms with Crippen molar-refractivity contribution in [1.82, 2.24) is 4.90 Å². The van der Waals surface area contributed by atoms with Crippen molar-refractivity contribution in [2.24, 2.45) is 5.92 Å². The molecule has 3 unspecified atom stereocenters. The minimum absolute atomic E-state index is 0.117. The van der Waals surface area contributed by atoms with Crippen LogP contribution >= 0.6 is 0 Å². The first kappa shape index (κ1) is 14.6. The molecule has 1 aromatic carbocycles. The largest absolute Gasteiger partial charge is 0.493 e. The lowest BCUT2D eigenvalue weighted by Crippen LogP contribution is -2.65. The van der Waals surface area contributed by atoms with Gasteiger partial charge >= 0.3 is 0 Å².